The molecular formula is C19H22ClN3O5S2. The van der Waals surface area contributed by atoms with Crippen LogP contribution in [-0.4, -0.2) is 70.9 Å². The molecule has 1 aliphatic rings. The number of piperazine rings is 1. The number of carbonyl (C=O) groups is 1. The lowest BCUT2D eigenvalue weighted by molar-refractivity contribution is -0.117. The Morgan fingerprint density at radius 2 is 1.50 bits per heavy atom. The molecule has 1 heterocycles. The number of sulfonamides is 1. The number of rotatable bonds is 6. The molecule has 11 heteroatoms. The van der Waals surface area contributed by atoms with Crippen LogP contribution in [0.1, 0.15) is 0 Å². The number of sulfone groups is 1. The SMILES string of the molecule is CS(=O)(=O)c1ccccc1NC(=O)CN1CCN(S(=O)(=O)c2ccccc2Cl)CC1. The van der Waals surface area contributed by atoms with E-state index in [0.29, 0.717) is 13.1 Å². The zero-order valence-electron chi connectivity index (χ0n) is 16.3. The molecule has 0 aliphatic carbocycles. The fourth-order valence-electron chi connectivity index (χ4n) is 3.21. The van der Waals surface area contributed by atoms with Crippen LogP contribution in [0, 0.1) is 0 Å². The number of carbonyl (C=O) groups excluding carboxylic acids is 1. The zero-order chi connectivity index (χ0) is 21.9. The van der Waals surface area contributed by atoms with Crippen molar-refractivity contribution < 1.29 is 21.6 Å². The Balaban J connectivity index is 1.60. The van der Waals surface area contributed by atoms with Crippen molar-refractivity contribution in [3.05, 3.63) is 53.6 Å². The molecule has 0 atom stereocenters. The first-order valence-corrected chi connectivity index (χ1v) is 12.9. The van der Waals surface area contributed by atoms with Crippen molar-refractivity contribution in [2.24, 2.45) is 0 Å². The molecule has 0 spiro atoms. The molecule has 0 aromatic heterocycles. The Labute approximate surface area is 181 Å². The van der Waals surface area contributed by atoms with Crippen molar-refractivity contribution in [3.8, 4) is 0 Å². The number of hydrogen-bond donors (Lipinski definition) is 1. The summed E-state index contributed by atoms with van der Waals surface area (Å²) < 4.78 is 50.7. The lowest BCUT2D eigenvalue weighted by atomic mass is 10.3. The number of nitrogens with one attached hydrogen (secondary N) is 1. The highest BCUT2D eigenvalue weighted by Gasteiger charge is 2.30. The molecule has 1 aliphatic heterocycles. The molecule has 162 valence electrons. The monoisotopic (exact) mass is 471 g/mol. The molecule has 0 bridgehead atoms. The minimum absolute atomic E-state index is 0.0259. The number of hydrogen-bond acceptors (Lipinski definition) is 6. The third-order valence-electron chi connectivity index (χ3n) is 4.71. The lowest BCUT2D eigenvalue weighted by Crippen LogP contribution is -2.50. The highest BCUT2D eigenvalue weighted by atomic mass is 35.5. The van der Waals surface area contributed by atoms with Gasteiger partial charge < -0.3 is 5.32 Å². The Morgan fingerprint density at radius 3 is 2.10 bits per heavy atom. The summed E-state index contributed by atoms with van der Waals surface area (Å²) in [6, 6.07) is 12.5. The van der Waals surface area contributed by atoms with Gasteiger partial charge in [0.05, 0.1) is 22.2 Å². The van der Waals surface area contributed by atoms with Crippen LogP contribution in [0.3, 0.4) is 0 Å². The highest BCUT2D eigenvalue weighted by Crippen LogP contribution is 2.25. The second kappa shape index (κ2) is 9.03. The minimum Gasteiger partial charge on any atom is -0.324 e. The van der Waals surface area contributed by atoms with Gasteiger partial charge in [-0.1, -0.05) is 35.9 Å². The predicted molar refractivity (Wildman–Crippen MR) is 115 cm³/mol. The first-order chi connectivity index (χ1) is 14.1. The molecule has 8 nitrogen and oxygen atoms in total. The van der Waals surface area contributed by atoms with Gasteiger partial charge in [0.1, 0.15) is 4.90 Å². The summed E-state index contributed by atoms with van der Waals surface area (Å²) in [7, 11) is -7.19. The summed E-state index contributed by atoms with van der Waals surface area (Å²) in [5.74, 6) is -0.367. The minimum atomic E-state index is -3.71. The van der Waals surface area contributed by atoms with E-state index in [0.717, 1.165) is 6.26 Å². The van der Waals surface area contributed by atoms with Crippen molar-refractivity contribution in [2.45, 2.75) is 9.79 Å². The van der Waals surface area contributed by atoms with Gasteiger partial charge in [-0.15, -0.1) is 0 Å². The number of para-hydroxylation sites is 1. The Bertz CT molecular complexity index is 1140. The topological polar surface area (TPSA) is 104 Å². The van der Waals surface area contributed by atoms with E-state index in [1.165, 1.54) is 28.6 Å². The van der Waals surface area contributed by atoms with Gasteiger partial charge in [-0.05, 0) is 24.3 Å². The molecule has 1 fully saturated rings. The largest absolute Gasteiger partial charge is 0.324 e. The van der Waals surface area contributed by atoms with E-state index in [9.17, 15) is 21.6 Å². The van der Waals surface area contributed by atoms with Crippen LogP contribution < -0.4 is 5.32 Å². The van der Waals surface area contributed by atoms with E-state index in [4.69, 9.17) is 11.6 Å². The smallest absolute Gasteiger partial charge is 0.244 e. The van der Waals surface area contributed by atoms with Gasteiger partial charge in [0.15, 0.2) is 9.84 Å². The molecule has 0 saturated carbocycles. The summed E-state index contributed by atoms with van der Waals surface area (Å²) in [5.41, 5.74) is 0.227. The van der Waals surface area contributed by atoms with Crippen LogP contribution in [0.4, 0.5) is 5.69 Å². The van der Waals surface area contributed by atoms with E-state index in [-0.39, 0.29) is 46.0 Å². The molecule has 0 radical (unpaired) electrons. The maximum absolute atomic E-state index is 12.8. The van der Waals surface area contributed by atoms with Crippen molar-refractivity contribution in [3.63, 3.8) is 0 Å². The molecule has 2 aromatic rings. The summed E-state index contributed by atoms with van der Waals surface area (Å²) in [5, 5.41) is 2.80. The fraction of sp³-hybridized carbons (Fsp3) is 0.316. The van der Waals surface area contributed by atoms with Crippen molar-refractivity contribution in [1.82, 2.24) is 9.21 Å². The second-order valence-electron chi connectivity index (χ2n) is 6.93. The highest BCUT2D eigenvalue weighted by molar-refractivity contribution is 7.91. The van der Waals surface area contributed by atoms with Gasteiger partial charge in [0, 0.05) is 32.4 Å². The second-order valence-corrected chi connectivity index (χ2v) is 11.2. The van der Waals surface area contributed by atoms with Crippen LogP contribution in [0.2, 0.25) is 5.02 Å². The third-order valence-corrected chi connectivity index (χ3v) is 8.27. The summed E-state index contributed by atoms with van der Waals surface area (Å²) in [6.07, 6.45) is 1.08. The molecule has 3 rings (SSSR count). The first-order valence-electron chi connectivity index (χ1n) is 9.15. The van der Waals surface area contributed by atoms with E-state index >= 15 is 0 Å². The van der Waals surface area contributed by atoms with Gasteiger partial charge in [-0.2, -0.15) is 4.31 Å². The van der Waals surface area contributed by atoms with Crippen LogP contribution >= 0.6 is 11.6 Å². The van der Waals surface area contributed by atoms with Crippen molar-refractivity contribution in [2.75, 3.05) is 44.3 Å². The standard InChI is InChI=1S/C19H22ClN3O5S2/c1-29(25,26)18-9-5-3-7-16(18)21-19(24)14-22-10-12-23(13-11-22)30(27,28)17-8-4-2-6-15(17)20/h2-9H,10-14H2,1H3,(H,21,24). The van der Waals surface area contributed by atoms with Crippen molar-refractivity contribution in [1.29, 1.82) is 0 Å². The number of nitrogens with zero attached hydrogens (tertiary/aromatic N) is 2. The molecular weight excluding hydrogens is 450 g/mol. The number of halogens is 1. The fourth-order valence-corrected chi connectivity index (χ4v) is 5.97. The predicted octanol–water partition coefficient (Wildman–Crippen LogP) is 1.69. The molecule has 1 amide bonds. The zero-order valence-corrected chi connectivity index (χ0v) is 18.7. The molecule has 2 aromatic carbocycles. The molecule has 0 unspecified atom stereocenters. The maximum Gasteiger partial charge on any atom is 0.244 e. The average Bonchev–Trinajstić information content (AvgIpc) is 2.68. The van der Waals surface area contributed by atoms with Crippen LogP contribution in [-0.2, 0) is 24.7 Å². The lowest BCUT2D eigenvalue weighted by Gasteiger charge is -2.33. The molecule has 1 N–H and O–H groups in total. The maximum atomic E-state index is 12.8. The number of benzene rings is 2. The van der Waals surface area contributed by atoms with E-state index < -0.39 is 19.9 Å². The first kappa shape index (κ1) is 22.7. The number of amides is 1. The Kier molecular flexibility index (Phi) is 6.83. The van der Waals surface area contributed by atoms with Gasteiger partial charge in [-0.3, -0.25) is 9.69 Å². The van der Waals surface area contributed by atoms with Gasteiger partial charge in [-0.25, -0.2) is 16.8 Å². The van der Waals surface area contributed by atoms with Gasteiger partial charge in [0.2, 0.25) is 15.9 Å². The Morgan fingerprint density at radius 1 is 0.933 bits per heavy atom. The quantitative estimate of drug-likeness (QED) is 0.687. The van der Waals surface area contributed by atoms with E-state index in [2.05, 4.69) is 5.32 Å². The molecule has 1 saturated heterocycles. The van der Waals surface area contributed by atoms with Crippen LogP contribution in [0.15, 0.2) is 58.3 Å². The van der Waals surface area contributed by atoms with Crippen LogP contribution in [0.5, 0.6) is 0 Å². The van der Waals surface area contributed by atoms with Crippen molar-refractivity contribution >= 4 is 43.1 Å². The summed E-state index contributed by atoms with van der Waals surface area (Å²) in [4.78, 5) is 14.3. The Hall–Kier alpha value is -1.98. The van der Waals surface area contributed by atoms with Crippen LogP contribution in [0.25, 0.3) is 0 Å². The van der Waals surface area contributed by atoms with E-state index in [1.54, 1.807) is 24.3 Å². The number of anilines is 1. The average molecular weight is 472 g/mol. The van der Waals surface area contributed by atoms with Gasteiger partial charge >= 0.3 is 0 Å². The summed E-state index contributed by atoms with van der Waals surface area (Å²) >= 11 is 6.04. The van der Waals surface area contributed by atoms with Gasteiger partial charge in [0.25, 0.3) is 0 Å². The van der Waals surface area contributed by atoms with E-state index in [1.807, 2.05) is 4.90 Å². The normalized spacial score (nSPS) is 16.3. The summed E-state index contributed by atoms with van der Waals surface area (Å²) in [6.45, 7) is 1.20. The molecule has 30 heavy (non-hydrogen) atoms. The third kappa shape index (κ3) is 5.19.